The van der Waals surface area contributed by atoms with Crippen LogP contribution in [-0.4, -0.2) is 6.61 Å². The second kappa shape index (κ2) is 7.46. The van der Waals surface area contributed by atoms with E-state index in [9.17, 15) is 0 Å². The monoisotopic (exact) mass is 320 g/mol. The summed E-state index contributed by atoms with van der Waals surface area (Å²) in [6, 6.07) is 14.2. The van der Waals surface area contributed by atoms with E-state index in [-0.39, 0.29) is 18.7 Å². The van der Waals surface area contributed by atoms with Crippen molar-refractivity contribution in [2.24, 2.45) is 0 Å². The first-order valence-electron chi connectivity index (χ1n) is 6.71. The molecule has 1 aromatic carbocycles. The molecule has 3 nitrogen and oxygen atoms in total. The molecule has 5 heteroatoms. The molecule has 0 aliphatic heterocycles. The fourth-order valence-corrected chi connectivity index (χ4v) is 3.16. The first-order chi connectivity index (χ1) is 10.1. The SMILES string of the molecule is CC(NC(C)c1ccc(Cl)s1)c1ccc(OCC#N)cc1. The van der Waals surface area contributed by atoms with E-state index >= 15 is 0 Å². The molecular formula is C16H17ClN2OS. The minimum atomic E-state index is 0.0727. The molecule has 1 aromatic heterocycles. The van der Waals surface area contributed by atoms with Gasteiger partial charge >= 0.3 is 0 Å². The van der Waals surface area contributed by atoms with Crippen LogP contribution in [0.25, 0.3) is 0 Å². The fraction of sp³-hybridized carbons (Fsp3) is 0.312. The Kier molecular flexibility index (Phi) is 5.63. The zero-order valence-corrected chi connectivity index (χ0v) is 13.5. The molecule has 1 N–H and O–H groups in total. The van der Waals surface area contributed by atoms with Gasteiger partial charge in [0, 0.05) is 17.0 Å². The number of rotatable bonds is 6. The third kappa shape index (κ3) is 4.47. The highest BCUT2D eigenvalue weighted by Crippen LogP contribution is 2.28. The second-order valence-corrected chi connectivity index (χ2v) is 6.51. The highest BCUT2D eigenvalue weighted by atomic mass is 35.5. The Morgan fingerprint density at radius 2 is 1.90 bits per heavy atom. The molecule has 0 fully saturated rings. The van der Waals surface area contributed by atoms with Crippen molar-refractivity contribution in [1.82, 2.24) is 5.32 Å². The second-order valence-electron chi connectivity index (χ2n) is 4.77. The van der Waals surface area contributed by atoms with Crippen LogP contribution in [0.3, 0.4) is 0 Å². The van der Waals surface area contributed by atoms with Gasteiger partial charge in [-0.05, 0) is 43.7 Å². The van der Waals surface area contributed by atoms with Crippen LogP contribution in [0.15, 0.2) is 36.4 Å². The van der Waals surface area contributed by atoms with Crippen molar-refractivity contribution in [3.05, 3.63) is 51.2 Å². The summed E-state index contributed by atoms with van der Waals surface area (Å²) in [7, 11) is 0. The number of benzene rings is 1. The van der Waals surface area contributed by atoms with Gasteiger partial charge in [0.2, 0.25) is 0 Å². The van der Waals surface area contributed by atoms with E-state index < -0.39 is 0 Å². The Morgan fingerprint density at radius 3 is 2.48 bits per heavy atom. The molecule has 110 valence electrons. The van der Waals surface area contributed by atoms with Crippen LogP contribution < -0.4 is 10.1 Å². The van der Waals surface area contributed by atoms with Crippen LogP contribution >= 0.6 is 22.9 Å². The quantitative estimate of drug-likeness (QED) is 0.838. The third-order valence-corrected chi connectivity index (χ3v) is 4.62. The highest BCUT2D eigenvalue weighted by Gasteiger charge is 2.13. The number of nitriles is 1. The van der Waals surface area contributed by atoms with Crippen molar-refractivity contribution >= 4 is 22.9 Å². The number of thiophene rings is 1. The fourth-order valence-electron chi connectivity index (χ4n) is 2.08. The van der Waals surface area contributed by atoms with E-state index in [1.54, 1.807) is 11.3 Å². The maximum Gasteiger partial charge on any atom is 0.174 e. The van der Waals surface area contributed by atoms with Crippen molar-refractivity contribution in [2.45, 2.75) is 25.9 Å². The molecule has 1 heterocycles. The number of nitrogens with zero attached hydrogens (tertiary/aromatic N) is 1. The van der Waals surface area contributed by atoms with E-state index in [0.29, 0.717) is 5.75 Å². The molecule has 0 aliphatic carbocycles. The first-order valence-corrected chi connectivity index (χ1v) is 7.90. The third-order valence-electron chi connectivity index (χ3n) is 3.20. The molecule has 0 aliphatic rings. The summed E-state index contributed by atoms with van der Waals surface area (Å²) in [5.74, 6) is 0.714. The molecule has 2 atom stereocenters. The van der Waals surface area contributed by atoms with E-state index in [1.165, 1.54) is 10.4 Å². The van der Waals surface area contributed by atoms with Crippen molar-refractivity contribution in [3.8, 4) is 11.8 Å². The predicted molar refractivity (Wildman–Crippen MR) is 86.8 cm³/mol. The maximum absolute atomic E-state index is 8.49. The first kappa shape index (κ1) is 15.8. The smallest absolute Gasteiger partial charge is 0.174 e. The average Bonchev–Trinajstić information content (AvgIpc) is 2.92. The lowest BCUT2D eigenvalue weighted by Gasteiger charge is -2.19. The van der Waals surface area contributed by atoms with E-state index in [2.05, 4.69) is 25.2 Å². The van der Waals surface area contributed by atoms with Crippen molar-refractivity contribution in [1.29, 1.82) is 5.26 Å². The van der Waals surface area contributed by atoms with E-state index in [0.717, 1.165) is 4.34 Å². The molecule has 0 saturated carbocycles. The molecule has 0 spiro atoms. The van der Waals surface area contributed by atoms with Crippen molar-refractivity contribution in [3.63, 3.8) is 0 Å². The standard InChI is InChI=1S/C16H17ClN2OS/c1-11(19-12(2)15-7-8-16(17)21-15)13-3-5-14(6-4-13)20-10-9-18/h3-8,11-12,19H,10H2,1-2H3. The van der Waals surface area contributed by atoms with Gasteiger partial charge in [-0.25, -0.2) is 0 Å². The van der Waals surface area contributed by atoms with Gasteiger partial charge in [-0.15, -0.1) is 11.3 Å². The van der Waals surface area contributed by atoms with Crippen LogP contribution in [0.1, 0.15) is 36.4 Å². The Hall–Kier alpha value is -1.54. The number of nitrogens with one attached hydrogen (secondary N) is 1. The topological polar surface area (TPSA) is 45.0 Å². The van der Waals surface area contributed by atoms with Crippen molar-refractivity contribution in [2.75, 3.05) is 6.61 Å². The molecular weight excluding hydrogens is 304 g/mol. The minimum absolute atomic E-state index is 0.0727. The van der Waals surface area contributed by atoms with Crippen molar-refractivity contribution < 1.29 is 4.74 Å². The lowest BCUT2D eigenvalue weighted by Crippen LogP contribution is -2.21. The summed E-state index contributed by atoms with van der Waals surface area (Å²) in [6.07, 6.45) is 0. The average molecular weight is 321 g/mol. The molecule has 0 amide bonds. The van der Waals surface area contributed by atoms with Crippen LogP contribution in [0.2, 0.25) is 4.34 Å². The van der Waals surface area contributed by atoms with E-state index in [4.69, 9.17) is 21.6 Å². The predicted octanol–water partition coefficient (Wildman–Crippen LogP) is 4.72. The van der Waals surface area contributed by atoms with Crippen LogP contribution in [0.5, 0.6) is 5.75 Å². The van der Waals surface area contributed by atoms with Gasteiger partial charge in [0.1, 0.15) is 11.8 Å². The summed E-state index contributed by atoms with van der Waals surface area (Å²) >= 11 is 7.57. The lowest BCUT2D eigenvalue weighted by atomic mass is 10.1. The number of halogens is 1. The Balaban J connectivity index is 1.96. The maximum atomic E-state index is 8.49. The molecule has 0 saturated heterocycles. The zero-order valence-electron chi connectivity index (χ0n) is 12.0. The summed E-state index contributed by atoms with van der Waals surface area (Å²) in [4.78, 5) is 1.22. The normalized spacial score (nSPS) is 13.4. The molecule has 0 radical (unpaired) electrons. The van der Waals surface area contributed by atoms with Gasteiger partial charge in [0.15, 0.2) is 6.61 Å². The van der Waals surface area contributed by atoms with E-state index in [1.807, 2.05) is 36.4 Å². The molecule has 2 rings (SSSR count). The number of ether oxygens (including phenoxy) is 1. The largest absolute Gasteiger partial charge is 0.479 e. The zero-order chi connectivity index (χ0) is 15.2. The van der Waals surface area contributed by atoms with Crippen LogP contribution in [0.4, 0.5) is 0 Å². The van der Waals surface area contributed by atoms with Gasteiger partial charge in [-0.3, -0.25) is 0 Å². The Labute approximate surface area is 134 Å². The number of hydrogen-bond donors (Lipinski definition) is 1. The van der Waals surface area contributed by atoms with Gasteiger partial charge in [0.25, 0.3) is 0 Å². The Morgan fingerprint density at radius 1 is 1.19 bits per heavy atom. The molecule has 21 heavy (non-hydrogen) atoms. The van der Waals surface area contributed by atoms with Gasteiger partial charge in [-0.2, -0.15) is 5.26 Å². The lowest BCUT2D eigenvalue weighted by molar-refractivity contribution is 0.368. The van der Waals surface area contributed by atoms with Gasteiger partial charge in [-0.1, -0.05) is 23.7 Å². The van der Waals surface area contributed by atoms with Gasteiger partial charge in [0.05, 0.1) is 4.34 Å². The summed E-state index contributed by atoms with van der Waals surface area (Å²) in [6.45, 7) is 4.32. The molecule has 2 aromatic rings. The summed E-state index contributed by atoms with van der Waals surface area (Å²) in [5.41, 5.74) is 1.17. The minimum Gasteiger partial charge on any atom is -0.479 e. The molecule has 2 unspecified atom stereocenters. The Bertz CT molecular complexity index is 618. The number of hydrogen-bond acceptors (Lipinski definition) is 4. The summed E-state index contributed by atoms with van der Waals surface area (Å²) in [5, 5.41) is 12.0. The highest BCUT2D eigenvalue weighted by molar-refractivity contribution is 7.16. The molecule has 0 bridgehead atoms. The summed E-state index contributed by atoms with van der Waals surface area (Å²) < 4.78 is 6.06. The van der Waals surface area contributed by atoms with Gasteiger partial charge < -0.3 is 10.1 Å². The van der Waals surface area contributed by atoms with Crippen LogP contribution in [-0.2, 0) is 0 Å². The van der Waals surface area contributed by atoms with Crippen LogP contribution in [0, 0.1) is 11.3 Å².